The Bertz CT molecular complexity index is 1290. The van der Waals surface area contributed by atoms with Crippen LogP contribution in [0.3, 0.4) is 0 Å². The molecule has 39 heavy (non-hydrogen) atoms. The minimum Gasteiger partial charge on any atom is -0.378 e. The third-order valence-corrected chi connectivity index (χ3v) is 9.08. The predicted octanol–water partition coefficient (Wildman–Crippen LogP) is 2.75. The molecule has 12 heteroatoms. The van der Waals surface area contributed by atoms with Crippen molar-refractivity contribution in [2.24, 2.45) is 4.99 Å². The second-order valence-electron chi connectivity index (χ2n) is 9.60. The van der Waals surface area contributed by atoms with Crippen molar-refractivity contribution in [2.45, 2.75) is 6.92 Å². The summed E-state index contributed by atoms with van der Waals surface area (Å²) in [6.45, 7) is 10.7. The van der Waals surface area contributed by atoms with Gasteiger partial charge in [0.25, 0.3) is 0 Å². The van der Waals surface area contributed by atoms with E-state index in [1.54, 1.807) is 23.1 Å². The van der Waals surface area contributed by atoms with Gasteiger partial charge in [0.05, 0.1) is 44.5 Å². The maximum absolute atomic E-state index is 12.1. The lowest BCUT2D eigenvalue weighted by atomic mass is 10.1. The Balaban J connectivity index is 1.36. The number of thiazole rings is 1. The highest BCUT2D eigenvalue weighted by atomic mass is 32.2. The van der Waals surface area contributed by atoms with Crippen LogP contribution in [0, 0.1) is 0 Å². The third kappa shape index (κ3) is 6.20. The largest absolute Gasteiger partial charge is 0.378 e. The molecule has 1 aromatic heterocycles. The number of benzene rings is 1. The van der Waals surface area contributed by atoms with E-state index in [9.17, 15) is 4.79 Å². The lowest BCUT2D eigenvalue weighted by Gasteiger charge is -2.28. The molecule has 1 N–H and O–H groups in total. The quantitative estimate of drug-likeness (QED) is 0.550. The molecule has 10 nitrogen and oxygen atoms in total. The number of carbonyl (C=O) groups is 1. The van der Waals surface area contributed by atoms with Gasteiger partial charge in [-0.05, 0) is 28.8 Å². The maximum Gasteiger partial charge on any atom is 0.360 e. The number of aromatic nitrogens is 1. The van der Waals surface area contributed by atoms with Crippen molar-refractivity contribution in [1.82, 2.24) is 4.98 Å². The van der Waals surface area contributed by atoms with Crippen molar-refractivity contribution < 1.29 is 23.6 Å². The molecule has 0 saturated carbocycles. The maximum atomic E-state index is 12.1. The lowest BCUT2D eigenvalue weighted by Crippen LogP contribution is -2.36. The van der Waals surface area contributed by atoms with E-state index in [1.807, 2.05) is 0 Å². The topological polar surface area (TPSA) is 91.5 Å². The molecule has 2 aromatic rings. The number of carbonyl (C=O) groups excluding carboxylic acids is 1. The van der Waals surface area contributed by atoms with E-state index < -0.39 is 0 Å². The lowest BCUT2D eigenvalue weighted by molar-refractivity contribution is -0.547. The number of nitrogens with one attached hydrogen (secondary N) is 1. The smallest absolute Gasteiger partial charge is 0.360 e. The van der Waals surface area contributed by atoms with E-state index in [0.29, 0.717) is 32.2 Å². The van der Waals surface area contributed by atoms with E-state index >= 15 is 0 Å². The van der Waals surface area contributed by atoms with Crippen LogP contribution < -0.4 is 15.1 Å². The number of rotatable bonds is 5. The summed E-state index contributed by atoms with van der Waals surface area (Å²) in [6.07, 6.45) is 2.19. The Kier molecular flexibility index (Phi) is 8.26. The third-order valence-electron chi connectivity index (χ3n) is 6.90. The van der Waals surface area contributed by atoms with E-state index in [1.165, 1.54) is 12.6 Å². The fourth-order valence-electron chi connectivity index (χ4n) is 4.84. The zero-order valence-corrected chi connectivity index (χ0v) is 23.7. The van der Waals surface area contributed by atoms with Gasteiger partial charge in [-0.1, -0.05) is 23.5 Å². The van der Waals surface area contributed by atoms with E-state index in [-0.39, 0.29) is 5.91 Å². The van der Waals surface area contributed by atoms with Crippen molar-refractivity contribution in [2.75, 3.05) is 94.0 Å². The molecule has 3 saturated heterocycles. The van der Waals surface area contributed by atoms with E-state index in [2.05, 4.69) is 50.0 Å². The second kappa shape index (κ2) is 12.2. The van der Waals surface area contributed by atoms with Crippen LogP contribution in [0.25, 0.3) is 6.08 Å². The minimum atomic E-state index is -0.150. The highest BCUT2D eigenvalue weighted by Gasteiger charge is 2.36. The molecule has 3 fully saturated rings. The number of allylic oxidation sites excluding steroid dienone is 1. The van der Waals surface area contributed by atoms with Crippen LogP contribution in [-0.2, 0) is 19.0 Å². The first-order chi connectivity index (χ1) is 19.1. The van der Waals surface area contributed by atoms with Crippen LogP contribution >= 0.6 is 23.1 Å². The monoisotopic (exact) mass is 569 g/mol. The molecule has 1 aromatic carbocycles. The molecule has 0 bridgehead atoms. The molecule has 4 aliphatic heterocycles. The van der Waals surface area contributed by atoms with Crippen LogP contribution in [0.4, 0.5) is 16.6 Å². The van der Waals surface area contributed by atoms with Crippen molar-refractivity contribution in [3.8, 4) is 0 Å². The molecule has 4 aliphatic rings. The second-order valence-corrected chi connectivity index (χ2v) is 11.6. The number of nitrogens with zero attached hydrogens (tertiary/aromatic N) is 5. The number of hydrogen-bond donors (Lipinski definition) is 1. The Morgan fingerprint density at radius 3 is 2.26 bits per heavy atom. The Hall–Kier alpha value is -2.77. The van der Waals surface area contributed by atoms with E-state index in [4.69, 9.17) is 24.2 Å². The average Bonchev–Trinajstić information content (AvgIpc) is 3.58. The summed E-state index contributed by atoms with van der Waals surface area (Å²) in [5.41, 5.74) is 3.16. The summed E-state index contributed by atoms with van der Waals surface area (Å²) < 4.78 is 18.9. The SMILES string of the molecule is CC(=O)Nc1nc(N2CCOCC2)sc1C1=NC(=[N+]2CCOCC2)S/C1=C\c1ccc(N2CCOCC2)cc1. The van der Waals surface area contributed by atoms with Crippen molar-refractivity contribution >= 4 is 62.6 Å². The zero-order chi connectivity index (χ0) is 26.6. The van der Waals surface area contributed by atoms with Gasteiger partial charge in [-0.2, -0.15) is 0 Å². The number of morpholine rings is 3. The summed E-state index contributed by atoms with van der Waals surface area (Å²) in [6, 6.07) is 8.66. The molecule has 1 amide bonds. The van der Waals surface area contributed by atoms with Crippen LogP contribution in [0.15, 0.2) is 34.2 Å². The Labute approximate surface area is 236 Å². The van der Waals surface area contributed by atoms with Gasteiger partial charge in [-0.15, -0.1) is 0 Å². The van der Waals surface area contributed by atoms with Gasteiger partial charge in [0.2, 0.25) is 11.6 Å². The number of anilines is 3. The fourth-order valence-corrected chi connectivity index (χ4v) is 7.06. The highest BCUT2D eigenvalue weighted by Crippen LogP contribution is 2.39. The molecule has 6 rings (SSSR count). The molecule has 0 aliphatic carbocycles. The molecule has 5 heterocycles. The van der Waals surface area contributed by atoms with E-state index in [0.717, 1.165) is 83.8 Å². The number of thioether (sulfide) groups is 1. The summed E-state index contributed by atoms with van der Waals surface area (Å²) >= 11 is 3.24. The molecular weight excluding hydrogens is 536 g/mol. The first kappa shape index (κ1) is 26.5. The number of amides is 1. The number of amidine groups is 1. The predicted molar refractivity (Wildman–Crippen MR) is 157 cm³/mol. The summed E-state index contributed by atoms with van der Waals surface area (Å²) in [7, 11) is 0. The summed E-state index contributed by atoms with van der Waals surface area (Å²) in [5.74, 6) is 0.410. The normalized spacial score (nSPS) is 21.5. The number of ether oxygens (including phenoxy) is 3. The molecule has 206 valence electrons. The zero-order valence-electron chi connectivity index (χ0n) is 22.1. The van der Waals surface area contributed by atoms with Crippen LogP contribution in [0.1, 0.15) is 17.4 Å². The first-order valence-electron chi connectivity index (χ1n) is 13.4. The van der Waals surface area contributed by atoms with Crippen LogP contribution in [-0.4, -0.2) is 105 Å². The molecule has 0 unspecified atom stereocenters. The number of aliphatic imine (C=N–C) groups is 1. The summed E-state index contributed by atoms with van der Waals surface area (Å²) in [4.78, 5) is 28.6. The van der Waals surface area contributed by atoms with Gasteiger partial charge in [-0.3, -0.25) is 4.79 Å². The average molecular weight is 570 g/mol. The van der Waals surface area contributed by atoms with Crippen LogP contribution in [0.2, 0.25) is 0 Å². The fraction of sp³-hybridized carbons (Fsp3) is 0.481. The summed E-state index contributed by atoms with van der Waals surface area (Å²) in [5, 5.41) is 4.79. The Morgan fingerprint density at radius 1 is 0.949 bits per heavy atom. The number of hydrogen-bond acceptors (Lipinski definition) is 9. The van der Waals surface area contributed by atoms with Crippen molar-refractivity contribution in [1.29, 1.82) is 0 Å². The Morgan fingerprint density at radius 2 is 1.59 bits per heavy atom. The van der Waals surface area contributed by atoms with Gasteiger partial charge in [0, 0.05) is 50.6 Å². The van der Waals surface area contributed by atoms with Gasteiger partial charge in [0.1, 0.15) is 18.0 Å². The molecule has 0 atom stereocenters. The molecular formula is C27H33N6O4S2+. The van der Waals surface area contributed by atoms with Gasteiger partial charge >= 0.3 is 5.17 Å². The highest BCUT2D eigenvalue weighted by molar-refractivity contribution is 8.18. The van der Waals surface area contributed by atoms with Gasteiger partial charge in [-0.25, -0.2) is 9.56 Å². The standard InChI is InChI=1S/C27H32N6O4S2/c1-19(34)28-25-24(39-27(30-25)33-10-16-37-17-11-33)23-22(38-26(29-23)32-8-14-36-15-9-32)18-20-2-4-21(5-3-20)31-6-12-35-13-7-31/h2-5,18H,6-17H2,1H3/p+1/b22-18-. The van der Waals surface area contributed by atoms with Crippen molar-refractivity contribution in [3.05, 3.63) is 39.6 Å². The van der Waals surface area contributed by atoms with Crippen molar-refractivity contribution in [3.63, 3.8) is 0 Å². The first-order valence-corrected chi connectivity index (χ1v) is 15.0. The van der Waals surface area contributed by atoms with Gasteiger partial charge < -0.3 is 29.3 Å². The molecule has 0 spiro atoms. The molecule has 0 radical (unpaired) electrons. The van der Waals surface area contributed by atoms with Gasteiger partial charge in [0.15, 0.2) is 10.9 Å². The minimum absolute atomic E-state index is 0.150. The van der Waals surface area contributed by atoms with Crippen LogP contribution in [0.5, 0.6) is 0 Å².